The summed E-state index contributed by atoms with van der Waals surface area (Å²) < 4.78 is 39.9. The molecule has 2 N–H and O–H groups in total. The first-order valence-corrected chi connectivity index (χ1v) is 7.72. The first-order valence-electron chi connectivity index (χ1n) is 6.24. The van der Waals surface area contributed by atoms with Gasteiger partial charge < -0.3 is 5.11 Å². The van der Waals surface area contributed by atoms with Crippen LogP contribution in [0.1, 0.15) is 25.3 Å². The topological polar surface area (TPSA) is 83.5 Å². The molecule has 1 aromatic carbocycles. The van der Waals surface area contributed by atoms with Crippen molar-refractivity contribution in [2.24, 2.45) is 5.92 Å². The maximum Gasteiger partial charge on any atom is 0.303 e. The van der Waals surface area contributed by atoms with Gasteiger partial charge in [0, 0.05) is 13.0 Å². The number of carboxylic acid groups (broad SMARTS) is 1. The molecule has 0 bridgehead atoms. The summed E-state index contributed by atoms with van der Waals surface area (Å²) in [5.41, 5.74) is 0.629. The van der Waals surface area contributed by atoms with Crippen molar-refractivity contribution < 1.29 is 22.7 Å². The summed E-state index contributed by atoms with van der Waals surface area (Å²) in [6.07, 6.45) is 0.389. The average molecular weight is 303 g/mol. The van der Waals surface area contributed by atoms with E-state index in [4.69, 9.17) is 5.11 Å². The lowest BCUT2D eigenvalue weighted by atomic mass is 10.0. The summed E-state index contributed by atoms with van der Waals surface area (Å²) in [4.78, 5) is 10.2. The molecule has 5 nitrogen and oxygen atoms in total. The van der Waals surface area contributed by atoms with Crippen LogP contribution in [-0.2, 0) is 14.8 Å². The number of rotatable bonds is 7. The summed E-state index contributed by atoms with van der Waals surface area (Å²) in [5, 5.41) is 8.70. The highest BCUT2D eigenvalue weighted by Crippen LogP contribution is 2.16. The van der Waals surface area contributed by atoms with Gasteiger partial charge in [0.15, 0.2) is 0 Å². The fourth-order valence-electron chi connectivity index (χ4n) is 1.73. The van der Waals surface area contributed by atoms with Crippen LogP contribution in [0.5, 0.6) is 0 Å². The van der Waals surface area contributed by atoms with Gasteiger partial charge in [-0.2, -0.15) is 0 Å². The first-order chi connectivity index (χ1) is 9.26. The zero-order valence-corrected chi connectivity index (χ0v) is 12.2. The number of hydrogen-bond donors (Lipinski definition) is 2. The third kappa shape index (κ3) is 4.57. The largest absolute Gasteiger partial charge is 0.481 e. The Labute approximate surface area is 117 Å². The molecule has 1 unspecified atom stereocenters. The Morgan fingerprint density at radius 2 is 2.10 bits per heavy atom. The minimum absolute atomic E-state index is 0.0293. The van der Waals surface area contributed by atoms with E-state index in [1.54, 1.807) is 13.8 Å². The van der Waals surface area contributed by atoms with E-state index in [0.29, 0.717) is 12.0 Å². The predicted octanol–water partition coefficient (Wildman–Crippen LogP) is 1.91. The van der Waals surface area contributed by atoms with Crippen molar-refractivity contribution in [2.45, 2.75) is 31.6 Å². The lowest BCUT2D eigenvalue weighted by Gasteiger charge is -2.14. The summed E-state index contributed by atoms with van der Waals surface area (Å²) in [6, 6.07) is 3.82. The van der Waals surface area contributed by atoms with Gasteiger partial charge in [0.1, 0.15) is 10.7 Å². The van der Waals surface area contributed by atoms with Gasteiger partial charge in [0.25, 0.3) is 0 Å². The normalized spacial score (nSPS) is 13.2. The van der Waals surface area contributed by atoms with E-state index >= 15 is 0 Å². The van der Waals surface area contributed by atoms with E-state index in [1.165, 1.54) is 12.1 Å². The zero-order valence-electron chi connectivity index (χ0n) is 11.4. The van der Waals surface area contributed by atoms with Crippen molar-refractivity contribution in [1.29, 1.82) is 0 Å². The van der Waals surface area contributed by atoms with Crippen LogP contribution in [0.3, 0.4) is 0 Å². The van der Waals surface area contributed by atoms with Gasteiger partial charge in [-0.1, -0.05) is 19.4 Å². The molecule has 0 heterocycles. The Morgan fingerprint density at radius 3 is 2.65 bits per heavy atom. The summed E-state index contributed by atoms with van der Waals surface area (Å²) in [7, 11) is -3.97. The third-order valence-electron chi connectivity index (χ3n) is 2.98. The Balaban J connectivity index is 2.84. The minimum atomic E-state index is -3.97. The maximum absolute atomic E-state index is 13.6. The molecule has 1 rings (SSSR count). The lowest BCUT2D eigenvalue weighted by Crippen LogP contribution is -2.30. The molecule has 7 heteroatoms. The molecule has 0 amide bonds. The Hall–Kier alpha value is -1.47. The lowest BCUT2D eigenvalue weighted by molar-refractivity contribution is -0.138. The van der Waals surface area contributed by atoms with Gasteiger partial charge in [-0.25, -0.2) is 17.5 Å². The quantitative estimate of drug-likeness (QED) is 0.806. The summed E-state index contributed by atoms with van der Waals surface area (Å²) in [6.45, 7) is 3.41. The molecule has 0 spiro atoms. The second-order valence-electron chi connectivity index (χ2n) is 4.66. The molecule has 0 aliphatic heterocycles. The first kappa shape index (κ1) is 16.6. The molecule has 0 saturated carbocycles. The van der Waals surface area contributed by atoms with Crippen LogP contribution in [-0.4, -0.2) is 26.0 Å². The van der Waals surface area contributed by atoms with Crippen molar-refractivity contribution >= 4 is 16.0 Å². The van der Waals surface area contributed by atoms with Gasteiger partial charge in [-0.3, -0.25) is 4.79 Å². The van der Waals surface area contributed by atoms with E-state index in [9.17, 15) is 17.6 Å². The van der Waals surface area contributed by atoms with Crippen molar-refractivity contribution in [3.63, 3.8) is 0 Å². The van der Waals surface area contributed by atoms with Gasteiger partial charge >= 0.3 is 5.97 Å². The van der Waals surface area contributed by atoms with Crippen LogP contribution in [0.2, 0.25) is 0 Å². The second kappa shape index (κ2) is 6.81. The molecule has 0 saturated heterocycles. The molecule has 1 aromatic rings. The number of aryl methyl sites for hydroxylation is 1. The van der Waals surface area contributed by atoms with Crippen LogP contribution in [0.4, 0.5) is 4.39 Å². The number of carboxylic acids is 1. The van der Waals surface area contributed by atoms with E-state index in [0.717, 1.165) is 6.07 Å². The standard InChI is InChI=1S/C13H18FNO4S/c1-3-10(7-13(16)17)8-15-20(18,19)12-6-9(2)4-5-11(12)14/h4-6,10,15H,3,7-8H2,1-2H3,(H,16,17). The summed E-state index contributed by atoms with van der Waals surface area (Å²) >= 11 is 0. The number of halogens is 1. The van der Waals surface area contributed by atoms with E-state index in [2.05, 4.69) is 4.72 Å². The predicted molar refractivity (Wildman–Crippen MR) is 72.4 cm³/mol. The molecule has 112 valence electrons. The average Bonchev–Trinajstić information content (AvgIpc) is 2.36. The van der Waals surface area contributed by atoms with Crippen LogP contribution >= 0.6 is 0 Å². The fourth-order valence-corrected chi connectivity index (χ4v) is 3.01. The molecule has 0 fully saturated rings. The SMILES string of the molecule is CCC(CNS(=O)(=O)c1cc(C)ccc1F)CC(=O)O. The van der Waals surface area contributed by atoms with Gasteiger partial charge in [-0.05, 0) is 30.5 Å². The Morgan fingerprint density at radius 1 is 1.45 bits per heavy atom. The molecule has 0 radical (unpaired) electrons. The summed E-state index contributed by atoms with van der Waals surface area (Å²) in [5.74, 6) is -2.14. The van der Waals surface area contributed by atoms with Gasteiger partial charge in [-0.15, -0.1) is 0 Å². The zero-order chi connectivity index (χ0) is 15.3. The van der Waals surface area contributed by atoms with Gasteiger partial charge in [0.2, 0.25) is 10.0 Å². The molecule has 20 heavy (non-hydrogen) atoms. The second-order valence-corrected chi connectivity index (χ2v) is 6.39. The molecular weight excluding hydrogens is 285 g/mol. The van der Waals surface area contributed by atoms with Crippen LogP contribution < -0.4 is 4.72 Å². The number of hydrogen-bond acceptors (Lipinski definition) is 3. The van der Waals surface area contributed by atoms with Crippen LogP contribution in [0, 0.1) is 18.7 Å². The number of sulfonamides is 1. The van der Waals surface area contributed by atoms with E-state index in [1.807, 2.05) is 0 Å². The highest BCUT2D eigenvalue weighted by atomic mass is 32.2. The van der Waals surface area contributed by atoms with Crippen molar-refractivity contribution in [2.75, 3.05) is 6.54 Å². The highest BCUT2D eigenvalue weighted by Gasteiger charge is 2.21. The molecule has 1 atom stereocenters. The molecule has 0 aliphatic carbocycles. The van der Waals surface area contributed by atoms with E-state index < -0.39 is 26.7 Å². The fraction of sp³-hybridized carbons (Fsp3) is 0.462. The van der Waals surface area contributed by atoms with Crippen molar-refractivity contribution in [3.05, 3.63) is 29.6 Å². The minimum Gasteiger partial charge on any atom is -0.481 e. The smallest absolute Gasteiger partial charge is 0.303 e. The molecule has 0 aliphatic rings. The molecular formula is C13H18FNO4S. The van der Waals surface area contributed by atoms with Crippen LogP contribution in [0.25, 0.3) is 0 Å². The van der Waals surface area contributed by atoms with E-state index in [-0.39, 0.29) is 18.9 Å². The van der Waals surface area contributed by atoms with Crippen LogP contribution in [0.15, 0.2) is 23.1 Å². The number of carbonyl (C=O) groups is 1. The maximum atomic E-state index is 13.6. The van der Waals surface area contributed by atoms with Crippen molar-refractivity contribution in [1.82, 2.24) is 4.72 Å². The Kier molecular flexibility index (Phi) is 5.64. The number of aliphatic carboxylic acids is 1. The highest BCUT2D eigenvalue weighted by molar-refractivity contribution is 7.89. The third-order valence-corrected chi connectivity index (χ3v) is 4.42. The Bertz CT molecular complexity index is 586. The number of benzene rings is 1. The van der Waals surface area contributed by atoms with Gasteiger partial charge in [0.05, 0.1) is 0 Å². The van der Waals surface area contributed by atoms with Crippen molar-refractivity contribution in [3.8, 4) is 0 Å². The monoisotopic (exact) mass is 303 g/mol. The number of nitrogens with one attached hydrogen (secondary N) is 1. The molecule has 0 aromatic heterocycles.